The van der Waals surface area contributed by atoms with Gasteiger partial charge in [-0.1, -0.05) is 25.0 Å². The maximum Gasteiger partial charge on any atom is 0.243 e. The van der Waals surface area contributed by atoms with Crippen LogP contribution in [0.4, 0.5) is 5.82 Å². The Morgan fingerprint density at radius 1 is 1.15 bits per heavy atom. The summed E-state index contributed by atoms with van der Waals surface area (Å²) in [4.78, 5) is 12.3. The van der Waals surface area contributed by atoms with Crippen molar-refractivity contribution in [2.75, 3.05) is 18.4 Å². The summed E-state index contributed by atoms with van der Waals surface area (Å²) < 4.78 is 27.1. The van der Waals surface area contributed by atoms with Gasteiger partial charge in [-0.3, -0.25) is 9.89 Å². The Morgan fingerprint density at radius 3 is 2.41 bits per heavy atom. The number of nitrogens with zero attached hydrogens (tertiary/aromatic N) is 2. The number of amides is 1. The first-order valence-corrected chi connectivity index (χ1v) is 10.8. The number of aromatic nitrogens is 2. The van der Waals surface area contributed by atoms with Crippen molar-refractivity contribution in [2.45, 2.75) is 50.3 Å². The van der Waals surface area contributed by atoms with Crippen molar-refractivity contribution in [1.82, 2.24) is 14.5 Å². The van der Waals surface area contributed by atoms with Crippen molar-refractivity contribution >= 4 is 21.7 Å². The number of benzene rings is 1. The summed E-state index contributed by atoms with van der Waals surface area (Å²) in [6.07, 6.45) is 4.86. The zero-order valence-electron chi connectivity index (χ0n) is 15.6. The van der Waals surface area contributed by atoms with Gasteiger partial charge in [0, 0.05) is 31.3 Å². The molecule has 8 heteroatoms. The molecule has 1 aromatic heterocycles. The first-order chi connectivity index (χ1) is 12.9. The van der Waals surface area contributed by atoms with Crippen LogP contribution in [0.3, 0.4) is 0 Å². The van der Waals surface area contributed by atoms with Gasteiger partial charge in [-0.25, -0.2) is 8.42 Å². The fourth-order valence-electron chi connectivity index (χ4n) is 3.20. The van der Waals surface area contributed by atoms with E-state index in [-0.39, 0.29) is 5.91 Å². The van der Waals surface area contributed by atoms with Gasteiger partial charge >= 0.3 is 0 Å². The lowest BCUT2D eigenvalue weighted by molar-refractivity contribution is -0.116. The van der Waals surface area contributed by atoms with Crippen LogP contribution >= 0.6 is 0 Å². The quantitative estimate of drug-likeness (QED) is 0.793. The minimum atomic E-state index is -3.43. The Labute approximate surface area is 160 Å². The molecule has 3 rings (SSSR count). The lowest BCUT2D eigenvalue weighted by Crippen LogP contribution is -2.31. The van der Waals surface area contributed by atoms with Gasteiger partial charge in [-0.05, 0) is 43.9 Å². The van der Waals surface area contributed by atoms with Crippen molar-refractivity contribution < 1.29 is 13.2 Å². The third kappa shape index (κ3) is 5.17. The normalized spacial score (nSPS) is 16.0. The SMILES string of the molecule is Cc1cc(NC(=O)CCc2ccc(S(=O)(=O)N3CCCCCC3)cc2)n[nH]1. The van der Waals surface area contributed by atoms with Gasteiger partial charge in [0.05, 0.1) is 4.90 Å². The van der Waals surface area contributed by atoms with Crippen LogP contribution in [0.2, 0.25) is 0 Å². The number of carbonyl (C=O) groups is 1. The predicted octanol–water partition coefficient (Wildman–Crippen LogP) is 2.85. The molecule has 0 spiro atoms. The Hall–Kier alpha value is -2.19. The van der Waals surface area contributed by atoms with E-state index in [1.807, 2.05) is 6.92 Å². The monoisotopic (exact) mass is 390 g/mol. The van der Waals surface area contributed by atoms with Gasteiger partial charge in [0.15, 0.2) is 5.82 Å². The molecule has 2 heterocycles. The van der Waals surface area contributed by atoms with E-state index in [1.165, 1.54) is 0 Å². The standard InChI is InChI=1S/C19H26N4O3S/c1-15-14-18(22-21-15)20-19(24)11-8-16-6-9-17(10-7-16)27(25,26)23-12-4-2-3-5-13-23/h6-7,9-10,14H,2-5,8,11-13H2,1H3,(H2,20,21,22,24). The third-order valence-electron chi connectivity index (χ3n) is 4.74. The van der Waals surface area contributed by atoms with Crippen LogP contribution in [0.1, 0.15) is 43.4 Å². The lowest BCUT2D eigenvalue weighted by atomic mass is 10.1. The maximum absolute atomic E-state index is 12.8. The number of hydrogen-bond donors (Lipinski definition) is 2. The van der Waals surface area contributed by atoms with E-state index < -0.39 is 10.0 Å². The molecule has 1 aliphatic rings. The van der Waals surface area contributed by atoms with E-state index in [9.17, 15) is 13.2 Å². The number of anilines is 1. The predicted molar refractivity (Wildman–Crippen MR) is 104 cm³/mol. The lowest BCUT2D eigenvalue weighted by Gasteiger charge is -2.20. The van der Waals surface area contributed by atoms with Crippen molar-refractivity contribution in [1.29, 1.82) is 0 Å². The van der Waals surface area contributed by atoms with E-state index in [0.29, 0.717) is 36.6 Å². The second kappa shape index (κ2) is 8.67. The van der Waals surface area contributed by atoms with E-state index in [4.69, 9.17) is 0 Å². The van der Waals surface area contributed by atoms with Crippen LogP contribution in [-0.4, -0.2) is 41.9 Å². The van der Waals surface area contributed by atoms with Crippen LogP contribution in [0.25, 0.3) is 0 Å². The van der Waals surface area contributed by atoms with Crippen molar-refractivity contribution in [3.05, 3.63) is 41.6 Å². The number of hydrogen-bond acceptors (Lipinski definition) is 4. The smallest absolute Gasteiger partial charge is 0.243 e. The molecular formula is C19H26N4O3S. The van der Waals surface area contributed by atoms with Gasteiger partial charge in [0.25, 0.3) is 0 Å². The highest BCUT2D eigenvalue weighted by Gasteiger charge is 2.24. The summed E-state index contributed by atoms with van der Waals surface area (Å²) >= 11 is 0. The molecular weight excluding hydrogens is 364 g/mol. The second-order valence-electron chi connectivity index (χ2n) is 6.95. The Bertz CT molecular complexity index is 867. The molecule has 0 bridgehead atoms. The zero-order chi connectivity index (χ0) is 19.3. The molecule has 1 fully saturated rings. The molecule has 7 nitrogen and oxygen atoms in total. The van der Waals surface area contributed by atoms with E-state index in [0.717, 1.165) is 36.9 Å². The summed E-state index contributed by atoms with van der Waals surface area (Å²) in [6.45, 7) is 3.05. The van der Waals surface area contributed by atoms with Crippen molar-refractivity contribution in [2.24, 2.45) is 0 Å². The first kappa shape index (κ1) is 19.6. The number of rotatable bonds is 6. The summed E-state index contributed by atoms with van der Waals surface area (Å²) in [5, 5.41) is 9.48. The van der Waals surface area contributed by atoms with Gasteiger partial charge < -0.3 is 5.32 Å². The summed E-state index contributed by atoms with van der Waals surface area (Å²) in [5.41, 5.74) is 1.81. The van der Waals surface area contributed by atoms with Gasteiger partial charge in [0.1, 0.15) is 0 Å². The molecule has 146 valence electrons. The van der Waals surface area contributed by atoms with E-state index >= 15 is 0 Å². The van der Waals surface area contributed by atoms with Crippen LogP contribution in [0.15, 0.2) is 35.2 Å². The minimum Gasteiger partial charge on any atom is -0.309 e. The molecule has 1 aromatic carbocycles. The second-order valence-corrected chi connectivity index (χ2v) is 8.88. The van der Waals surface area contributed by atoms with E-state index in [1.54, 1.807) is 34.6 Å². The molecule has 27 heavy (non-hydrogen) atoms. The largest absolute Gasteiger partial charge is 0.309 e. The molecule has 0 unspecified atom stereocenters. The van der Waals surface area contributed by atoms with Gasteiger partial charge in [-0.2, -0.15) is 9.40 Å². The molecule has 1 aliphatic heterocycles. The molecule has 1 amide bonds. The van der Waals surface area contributed by atoms with E-state index in [2.05, 4.69) is 15.5 Å². The Kier molecular flexibility index (Phi) is 6.28. The average molecular weight is 391 g/mol. The van der Waals surface area contributed by atoms with Crippen LogP contribution in [0.5, 0.6) is 0 Å². The van der Waals surface area contributed by atoms with Crippen molar-refractivity contribution in [3.8, 4) is 0 Å². The van der Waals surface area contributed by atoms with Gasteiger partial charge in [0.2, 0.25) is 15.9 Å². The topological polar surface area (TPSA) is 95.2 Å². The number of aryl methyl sites for hydroxylation is 2. The molecule has 0 radical (unpaired) electrons. The number of sulfonamides is 1. The van der Waals surface area contributed by atoms with Crippen LogP contribution in [0, 0.1) is 6.92 Å². The fraction of sp³-hybridized carbons (Fsp3) is 0.474. The number of H-pyrrole nitrogens is 1. The first-order valence-electron chi connectivity index (χ1n) is 9.36. The molecule has 0 atom stereocenters. The van der Waals surface area contributed by atoms with Crippen molar-refractivity contribution in [3.63, 3.8) is 0 Å². The number of aromatic amines is 1. The highest BCUT2D eigenvalue weighted by molar-refractivity contribution is 7.89. The summed E-state index contributed by atoms with van der Waals surface area (Å²) in [7, 11) is -3.43. The highest BCUT2D eigenvalue weighted by Crippen LogP contribution is 2.21. The molecule has 0 saturated carbocycles. The van der Waals surface area contributed by atoms with Crippen LogP contribution in [-0.2, 0) is 21.2 Å². The molecule has 2 aromatic rings. The average Bonchev–Trinajstić information content (AvgIpc) is 2.88. The third-order valence-corrected chi connectivity index (χ3v) is 6.65. The van der Waals surface area contributed by atoms with Gasteiger partial charge in [-0.15, -0.1) is 0 Å². The molecule has 2 N–H and O–H groups in total. The number of carbonyl (C=O) groups excluding carboxylic acids is 1. The molecule has 0 aliphatic carbocycles. The molecule has 1 saturated heterocycles. The van der Waals surface area contributed by atoms with Crippen LogP contribution < -0.4 is 5.32 Å². The summed E-state index contributed by atoms with van der Waals surface area (Å²) in [5.74, 6) is 0.388. The number of nitrogens with one attached hydrogen (secondary N) is 2. The minimum absolute atomic E-state index is 0.122. The zero-order valence-corrected chi connectivity index (χ0v) is 16.4. The maximum atomic E-state index is 12.8. The Balaban J connectivity index is 1.57. The summed E-state index contributed by atoms with van der Waals surface area (Å²) in [6, 6.07) is 8.63. The highest BCUT2D eigenvalue weighted by atomic mass is 32.2. The Morgan fingerprint density at radius 2 is 1.81 bits per heavy atom. The fourth-order valence-corrected chi connectivity index (χ4v) is 4.72.